The fourth-order valence-corrected chi connectivity index (χ4v) is 0.599. The summed E-state index contributed by atoms with van der Waals surface area (Å²) < 4.78 is 10.0. The molecule has 0 saturated heterocycles. The van der Waals surface area contributed by atoms with E-state index >= 15 is 0 Å². The Morgan fingerprint density at radius 3 is 2.78 bits per heavy atom. The van der Waals surface area contributed by atoms with Crippen LogP contribution in [-0.2, 0) is 16.1 Å². The van der Waals surface area contributed by atoms with Gasteiger partial charge in [-0.2, -0.15) is 5.11 Å². The second kappa shape index (κ2) is 2.45. The molecule has 0 aromatic heterocycles. The number of nitrogens with zero attached hydrogens (tertiary/aromatic N) is 2. The molecule has 0 aliphatic carbocycles. The molecule has 1 heterocycles. The maximum Gasteiger partial charge on any atom is 0.308 e. The van der Waals surface area contributed by atoms with E-state index in [2.05, 4.69) is 10.2 Å². The monoisotopic (exact) mass is 142 g/mol. The summed E-state index contributed by atoms with van der Waals surface area (Å²) in [6.45, 7) is 0. The summed E-state index contributed by atoms with van der Waals surface area (Å²) in [5, 5.41) is 6.40. The normalized spacial score (nSPS) is 16.4. The van der Waals surface area contributed by atoms with Crippen LogP contribution < -0.4 is 0 Å². The molecule has 0 spiro atoms. The Labute approximate surface area is 54.4 Å². The van der Waals surface area contributed by atoms with Crippen molar-refractivity contribution in [3.63, 3.8) is 0 Å². The van der Waals surface area contributed by atoms with Crippen molar-refractivity contribution in [1.82, 2.24) is 0 Å². The average Bonchev–Trinajstić information content (AvgIpc) is 1.89. The first-order valence-corrected chi connectivity index (χ1v) is 2.87. The van der Waals surface area contributed by atoms with Crippen LogP contribution in [0.1, 0.15) is 0 Å². The van der Waals surface area contributed by atoms with Gasteiger partial charge in [0.15, 0.2) is 0 Å². The van der Waals surface area contributed by atoms with Gasteiger partial charge in [-0.1, -0.05) is 0 Å². The molecule has 0 N–H and O–H groups in total. The van der Waals surface area contributed by atoms with Gasteiger partial charge in [0.05, 0.1) is 6.20 Å². The fraction of sp³-hybridized carbons (Fsp3) is 0. The smallest absolute Gasteiger partial charge is 0.264 e. The molecule has 5 heteroatoms. The highest BCUT2D eigenvalue weighted by Gasteiger charge is 2.07. The van der Waals surface area contributed by atoms with E-state index in [1.807, 2.05) is 0 Å². The maximum atomic E-state index is 10.5. The van der Waals surface area contributed by atoms with E-state index in [1.165, 1.54) is 12.3 Å². The summed E-state index contributed by atoms with van der Waals surface area (Å²) in [5.41, 5.74) is 0. The van der Waals surface area contributed by atoms with Gasteiger partial charge < -0.3 is 0 Å². The third-order valence-corrected chi connectivity index (χ3v) is 1.23. The zero-order chi connectivity index (χ0) is 6.69. The number of hydrogen-bond donors (Lipinski definition) is 0. The number of carbonyl (C=O) groups is 1. The summed E-state index contributed by atoms with van der Waals surface area (Å²) in [4.78, 5) is 10.5. The molecule has 1 aliphatic heterocycles. The van der Waals surface area contributed by atoms with Gasteiger partial charge in [-0.3, -0.25) is 4.79 Å². The molecule has 46 valence electrons. The zero-order valence-corrected chi connectivity index (χ0v) is 5.09. The molecule has 1 amide bonds. The minimum atomic E-state index is -0.558. The van der Waals surface area contributed by atoms with Gasteiger partial charge in [0.1, 0.15) is 16.1 Å². The van der Waals surface area contributed by atoms with Gasteiger partial charge >= 0.3 is 5.91 Å². The molecule has 1 rings (SSSR count). The molecule has 0 unspecified atom stereocenters. The van der Waals surface area contributed by atoms with Gasteiger partial charge in [-0.15, -0.1) is 5.11 Å². The third-order valence-electron chi connectivity index (χ3n) is 0.742. The van der Waals surface area contributed by atoms with Gasteiger partial charge in [-0.25, -0.2) is 4.21 Å². The van der Waals surface area contributed by atoms with Crippen molar-refractivity contribution < 1.29 is 9.00 Å². The van der Waals surface area contributed by atoms with Gasteiger partial charge in [0.25, 0.3) is 0 Å². The first-order chi connectivity index (χ1) is 4.34. The Hall–Kier alpha value is -1.10. The summed E-state index contributed by atoms with van der Waals surface area (Å²) in [5.74, 6) is -0.558. The second-order valence-corrected chi connectivity index (χ2v) is 1.89. The lowest BCUT2D eigenvalue weighted by Crippen LogP contribution is -2.08. The number of hydrogen-bond acceptors (Lipinski definition) is 3. The Morgan fingerprint density at radius 2 is 2.33 bits per heavy atom. The van der Waals surface area contributed by atoms with Crippen molar-refractivity contribution in [1.29, 1.82) is 0 Å². The van der Waals surface area contributed by atoms with Gasteiger partial charge in [-0.05, 0) is 6.08 Å². The summed E-state index contributed by atoms with van der Waals surface area (Å²) in [7, 11) is 0. The number of amides is 1. The Bertz CT molecular complexity index is 249. The van der Waals surface area contributed by atoms with Crippen molar-refractivity contribution in [3.8, 4) is 0 Å². The molecule has 0 bridgehead atoms. The summed E-state index contributed by atoms with van der Waals surface area (Å²) in [6.07, 6.45) is 2.65. The highest BCUT2D eigenvalue weighted by Crippen LogP contribution is 1.92. The van der Waals surface area contributed by atoms with Crippen molar-refractivity contribution >= 4 is 22.0 Å². The van der Waals surface area contributed by atoms with E-state index in [1.54, 1.807) is 0 Å². The molecular formula is C4H2N2O2S. The molecule has 0 saturated carbocycles. The van der Waals surface area contributed by atoms with E-state index in [4.69, 9.17) is 0 Å². The van der Waals surface area contributed by atoms with E-state index in [-0.39, 0.29) is 16.1 Å². The van der Waals surface area contributed by atoms with E-state index < -0.39 is 5.91 Å². The number of rotatable bonds is 0. The van der Waals surface area contributed by atoms with Crippen LogP contribution in [-0.4, -0.2) is 15.0 Å². The van der Waals surface area contributed by atoms with Gasteiger partial charge in [0.2, 0.25) is 0 Å². The maximum absolute atomic E-state index is 10.5. The molecule has 0 fully saturated rings. The van der Waals surface area contributed by atoms with Crippen molar-refractivity contribution in [2.24, 2.45) is 10.2 Å². The molecule has 0 radical (unpaired) electrons. The average molecular weight is 142 g/mol. The molecule has 4 nitrogen and oxygen atoms in total. The quantitative estimate of drug-likeness (QED) is 0.442. The highest BCUT2D eigenvalue weighted by atomic mass is 32.1. The fourth-order valence-electron chi connectivity index (χ4n) is 0.371. The molecule has 9 heavy (non-hydrogen) atoms. The Morgan fingerprint density at radius 1 is 1.56 bits per heavy atom. The van der Waals surface area contributed by atoms with E-state index in [0.717, 1.165) is 0 Å². The van der Waals surface area contributed by atoms with Crippen molar-refractivity contribution in [3.05, 3.63) is 12.3 Å². The lowest BCUT2D eigenvalue weighted by molar-refractivity contribution is -0.112. The Kier molecular flexibility index (Phi) is 1.64. The topological polar surface area (TPSA) is 58.9 Å². The van der Waals surface area contributed by atoms with Crippen LogP contribution in [0.5, 0.6) is 0 Å². The van der Waals surface area contributed by atoms with Crippen LogP contribution in [0, 0.1) is 0 Å². The lowest BCUT2D eigenvalue weighted by Gasteiger charge is -1.89. The molecular weight excluding hydrogens is 140 g/mol. The second-order valence-electron chi connectivity index (χ2n) is 1.28. The predicted molar refractivity (Wildman–Crippen MR) is 32.2 cm³/mol. The molecule has 0 aromatic carbocycles. The van der Waals surface area contributed by atoms with Crippen molar-refractivity contribution in [2.45, 2.75) is 0 Å². The largest absolute Gasteiger partial charge is 0.308 e. The molecule has 1 aliphatic rings. The van der Waals surface area contributed by atoms with Crippen LogP contribution in [0.2, 0.25) is 0 Å². The van der Waals surface area contributed by atoms with Crippen LogP contribution in [0.25, 0.3) is 0 Å². The first kappa shape index (κ1) is 6.03. The van der Waals surface area contributed by atoms with Crippen molar-refractivity contribution in [2.75, 3.05) is 0 Å². The SMILES string of the molecule is O=S=C1C=CN=NC1=O. The van der Waals surface area contributed by atoms with E-state index in [9.17, 15) is 9.00 Å². The molecule has 0 aromatic rings. The summed E-state index contributed by atoms with van der Waals surface area (Å²) >= 11 is 0.130. The third kappa shape index (κ3) is 1.17. The zero-order valence-electron chi connectivity index (χ0n) is 4.27. The van der Waals surface area contributed by atoms with Crippen LogP contribution in [0.4, 0.5) is 0 Å². The van der Waals surface area contributed by atoms with Crippen LogP contribution >= 0.6 is 0 Å². The van der Waals surface area contributed by atoms with Crippen LogP contribution in [0.15, 0.2) is 22.5 Å². The number of azo groups is 1. The Balaban J connectivity index is 3.04. The van der Waals surface area contributed by atoms with Gasteiger partial charge in [0, 0.05) is 0 Å². The molecule has 0 atom stereocenters. The lowest BCUT2D eigenvalue weighted by atomic mass is 10.4. The minimum Gasteiger partial charge on any atom is -0.264 e. The standard InChI is InChI=1S/C4H2N2O2S/c7-4-3(9-8)1-2-5-6-4/h1-2H. The highest BCUT2D eigenvalue weighted by molar-refractivity contribution is 7.69. The predicted octanol–water partition coefficient (Wildman–Crippen LogP) is -0.122. The van der Waals surface area contributed by atoms with E-state index in [0.29, 0.717) is 0 Å². The summed E-state index contributed by atoms with van der Waals surface area (Å²) in [6, 6.07) is 0. The first-order valence-electron chi connectivity index (χ1n) is 2.13. The number of carbonyl (C=O) groups excluding carboxylic acids is 1. The minimum absolute atomic E-state index is 0.0880. The van der Waals surface area contributed by atoms with Crippen LogP contribution in [0.3, 0.4) is 0 Å².